The first kappa shape index (κ1) is 24.7. The van der Waals surface area contributed by atoms with Gasteiger partial charge in [0, 0.05) is 59.5 Å². The zero-order chi connectivity index (χ0) is 25.6. The van der Waals surface area contributed by atoms with Crippen LogP contribution in [0.25, 0.3) is 21.0 Å². The summed E-state index contributed by atoms with van der Waals surface area (Å²) in [4.78, 5) is 9.83. The molecule has 1 aliphatic heterocycles. The van der Waals surface area contributed by atoms with Crippen LogP contribution in [0.5, 0.6) is 11.6 Å². The molecule has 3 heterocycles. The van der Waals surface area contributed by atoms with Gasteiger partial charge in [0.25, 0.3) is 0 Å². The summed E-state index contributed by atoms with van der Waals surface area (Å²) in [6, 6.07) is 29.2. The number of fused-ring (bicyclic) bond motifs is 2. The Kier molecular flexibility index (Phi) is 7.70. The lowest BCUT2D eigenvalue weighted by molar-refractivity contribution is 0.237. The van der Waals surface area contributed by atoms with E-state index in [0.29, 0.717) is 19.1 Å². The highest BCUT2D eigenvalue weighted by atomic mass is 32.1. The Labute approximate surface area is 228 Å². The highest BCUT2D eigenvalue weighted by molar-refractivity contribution is 7.17. The number of rotatable bonds is 10. The van der Waals surface area contributed by atoms with E-state index >= 15 is 0 Å². The molecule has 2 aromatic heterocycles. The van der Waals surface area contributed by atoms with Crippen molar-refractivity contribution in [2.24, 2.45) is 0 Å². The average molecular weight is 524 g/mol. The second-order valence-corrected chi connectivity index (χ2v) is 10.7. The maximum Gasteiger partial charge on any atom is 0.213 e. The molecule has 0 radical (unpaired) electrons. The van der Waals surface area contributed by atoms with Gasteiger partial charge in [-0.1, -0.05) is 36.4 Å². The molecule has 1 saturated heterocycles. The molecule has 1 aliphatic rings. The molecule has 0 saturated carbocycles. The molecule has 38 heavy (non-hydrogen) atoms. The smallest absolute Gasteiger partial charge is 0.213 e. The summed E-state index contributed by atoms with van der Waals surface area (Å²) in [6.45, 7) is 6.75. The zero-order valence-corrected chi connectivity index (χ0v) is 22.4. The van der Waals surface area contributed by atoms with Gasteiger partial charge in [-0.05, 0) is 66.7 Å². The lowest BCUT2D eigenvalue weighted by atomic mass is 10.2. The molecular formula is C32H33N3O2S. The Balaban J connectivity index is 0.938. The van der Waals surface area contributed by atoms with Gasteiger partial charge in [-0.15, -0.1) is 11.3 Å². The fraction of sp³-hybridized carbons (Fsp3) is 0.281. The average Bonchev–Trinajstić information content (AvgIpc) is 3.46. The van der Waals surface area contributed by atoms with Crippen LogP contribution in [0.2, 0.25) is 0 Å². The molecular weight excluding hydrogens is 490 g/mol. The molecule has 0 aliphatic carbocycles. The van der Waals surface area contributed by atoms with E-state index in [1.54, 1.807) is 0 Å². The minimum atomic E-state index is 0.544. The lowest BCUT2D eigenvalue weighted by Crippen LogP contribution is -2.46. The van der Waals surface area contributed by atoms with Crippen molar-refractivity contribution in [3.05, 3.63) is 95.9 Å². The Hall–Kier alpha value is -3.61. The van der Waals surface area contributed by atoms with Crippen molar-refractivity contribution < 1.29 is 9.47 Å². The van der Waals surface area contributed by atoms with Gasteiger partial charge in [-0.25, -0.2) is 4.98 Å². The monoisotopic (exact) mass is 523 g/mol. The predicted octanol–water partition coefficient (Wildman–Crippen LogP) is 7.01. The number of unbranched alkanes of at least 4 members (excludes halogenated alkanes) is 1. The van der Waals surface area contributed by atoms with E-state index in [1.165, 1.54) is 15.8 Å². The first-order valence-corrected chi connectivity index (χ1v) is 14.3. The minimum absolute atomic E-state index is 0.544. The van der Waals surface area contributed by atoms with Crippen molar-refractivity contribution in [1.82, 2.24) is 9.88 Å². The summed E-state index contributed by atoms with van der Waals surface area (Å²) in [6.07, 6.45) is 2.15. The molecule has 3 aromatic carbocycles. The fourth-order valence-electron chi connectivity index (χ4n) is 5.07. The van der Waals surface area contributed by atoms with Crippen LogP contribution in [-0.4, -0.2) is 49.2 Å². The highest BCUT2D eigenvalue weighted by Gasteiger charge is 2.18. The van der Waals surface area contributed by atoms with Crippen LogP contribution in [0.3, 0.4) is 0 Å². The van der Waals surface area contributed by atoms with Crippen molar-refractivity contribution >= 4 is 38.0 Å². The molecule has 0 N–H and O–H groups in total. The number of benzene rings is 3. The number of anilines is 1. The van der Waals surface area contributed by atoms with E-state index in [0.717, 1.165) is 67.8 Å². The van der Waals surface area contributed by atoms with E-state index in [2.05, 4.69) is 57.6 Å². The number of ether oxygens (including phenoxy) is 2. The van der Waals surface area contributed by atoms with Gasteiger partial charge in [0.15, 0.2) is 0 Å². The van der Waals surface area contributed by atoms with Crippen LogP contribution in [0.15, 0.2) is 90.3 Å². The molecule has 1 fully saturated rings. The molecule has 5 nitrogen and oxygen atoms in total. The quantitative estimate of drug-likeness (QED) is 0.184. The molecule has 194 valence electrons. The molecule has 0 unspecified atom stereocenters. The van der Waals surface area contributed by atoms with Gasteiger partial charge < -0.3 is 14.4 Å². The van der Waals surface area contributed by atoms with Crippen molar-refractivity contribution in [2.75, 3.05) is 44.2 Å². The maximum absolute atomic E-state index is 6.00. The van der Waals surface area contributed by atoms with Crippen LogP contribution in [0, 0.1) is 0 Å². The molecule has 6 heteroatoms. The Bertz CT molecular complexity index is 1480. The summed E-state index contributed by atoms with van der Waals surface area (Å²) in [7, 11) is 0. The molecule has 0 spiro atoms. The molecule has 0 amide bonds. The van der Waals surface area contributed by atoms with Crippen molar-refractivity contribution in [2.45, 2.75) is 19.4 Å². The Morgan fingerprint density at radius 2 is 1.66 bits per heavy atom. The third-order valence-corrected chi connectivity index (χ3v) is 8.07. The van der Waals surface area contributed by atoms with E-state index < -0.39 is 0 Å². The number of piperazine rings is 1. The van der Waals surface area contributed by atoms with Gasteiger partial charge in [0.1, 0.15) is 12.4 Å². The summed E-state index contributed by atoms with van der Waals surface area (Å²) in [5, 5.41) is 4.67. The summed E-state index contributed by atoms with van der Waals surface area (Å²) < 4.78 is 13.4. The molecule has 0 bridgehead atoms. The lowest BCUT2D eigenvalue weighted by Gasteiger charge is -2.36. The SMILES string of the molecule is c1ccc(COc2ccc3ccc(OCCCCN4CCN(c5cccc6sccc56)CC4)nc3c2)cc1. The van der Waals surface area contributed by atoms with Crippen LogP contribution < -0.4 is 14.4 Å². The van der Waals surface area contributed by atoms with Crippen LogP contribution >= 0.6 is 11.3 Å². The Morgan fingerprint density at radius 1 is 0.789 bits per heavy atom. The van der Waals surface area contributed by atoms with Gasteiger partial charge >= 0.3 is 0 Å². The van der Waals surface area contributed by atoms with Gasteiger partial charge in [-0.3, -0.25) is 4.90 Å². The second-order valence-electron chi connectivity index (χ2n) is 9.77. The van der Waals surface area contributed by atoms with E-state index in [-0.39, 0.29) is 0 Å². The summed E-state index contributed by atoms with van der Waals surface area (Å²) in [5.74, 6) is 1.49. The zero-order valence-electron chi connectivity index (χ0n) is 21.6. The number of pyridine rings is 1. The van der Waals surface area contributed by atoms with E-state index in [4.69, 9.17) is 14.5 Å². The van der Waals surface area contributed by atoms with Gasteiger partial charge in [0.2, 0.25) is 5.88 Å². The number of aromatic nitrogens is 1. The highest BCUT2D eigenvalue weighted by Crippen LogP contribution is 2.31. The van der Waals surface area contributed by atoms with Crippen LogP contribution in [-0.2, 0) is 6.61 Å². The summed E-state index contributed by atoms with van der Waals surface area (Å²) >= 11 is 1.82. The number of hydrogen-bond donors (Lipinski definition) is 0. The fourth-order valence-corrected chi connectivity index (χ4v) is 5.88. The first-order valence-electron chi connectivity index (χ1n) is 13.5. The standard InChI is InChI=1S/C32H33N3O2S/c1-2-7-25(8-3-1)24-37-27-13-11-26-12-14-32(33-29(26)23-27)36-21-5-4-16-34-17-19-35(20-18-34)30-9-6-10-31-28(30)15-22-38-31/h1-3,6-15,22-23H,4-5,16-21,24H2. The van der Waals surface area contributed by atoms with Crippen molar-refractivity contribution in [1.29, 1.82) is 0 Å². The first-order chi connectivity index (χ1) is 18.8. The minimum Gasteiger partial charge on any atom is -0.489 e. The van der Waals surface area contributed by atoms with Crippen LogP contribution in [0.1, 0.15) is 18.4 Å². The van der Waals surface area contributed by atoms with Crippen LogP contribution in [0.4, 0.5) is 5.69 Å². The maximum atomic E-state index is 6.00. The van der Waals surface area contributed by atoms with E-state index in [9.17, 15) is 0 Å². The van der Waals surface area contributed by atoms with Gasteiger partial charge in [0.05, 0.1) is 12.1 Å². The van der Waals surface area contributed by atoms with Crippen molar-refractivity contribution in [3.8, 4) is 11.6 Å². The largest absolute Gasteiger partial charge is 0.489 e. The summed E-state index contributed by atoms with van der Waals surface area (Å²) in [5.41, 5.74) is 3.43. The normalized spacial score (nSPS) is 14.3. The topological polar surface area (TPSA) is 37.8 Å². The Morgan fingerprint density at radius 3 is 2.55 bits per heavy atom. The number of hydrogen-bond acceptors (Lipinski definition) is 6. The van der Waals surface area contributed by atoms with Crippen molar-refractivity contribution in [3.63, 3.8) is 0 Å². The number of thiophene rings is 1. The van der Waals surface area contributed by atoms with E-state index in [1.807, 2.05) is 53.8 Å². The third kappa shape index (κ3) is 5.93. The van der Waals surface area contributed by atoms with Gasteiger partial charge in [-0.2, -0.15) is 0 Å². The molecule has 5 aromatic rings. The number of nitrogens with zero attached hydrogens (tertiary/aromatic N) is 3. The molecule has 6 rings (SSSR count). The second kappa shape index (κ2) is 11.8. The molecule has 0 atom stereocenters. The third-order valence-electron chi connectivity index (χ3n) is 7.19. The predicted molar refractivity (Wildman–Crippen MR) is 158 cm³/mol.